The van der Waals surface area contributed by atoms with Gasteiger partial charge in [-0.3, -0.25) is 14.6 Å². The van der Waals surface area contributed by atoms with Crippen molar-refractivity contribution in [1.82, 2.24) is 29.7 Å². The first kappa shape index (κ1) is 36.7. The molecule has 3 saturated heterocycles. The van der Waals surface area contributed by atoms with Gasteiger partial charge in [-0.05, 0) is 67.5 Å². The van der Waals surface area contributed by atoms with Crippen LogP contribution in [0.3, 0.4) is 0 Å². The lowest BCUT2D eigenvalue weighted by Gasteiger charge is -2.48. The van der Waals surface area contributed by atoms with Gasteiger partial charge in [0.25, 0.3) is 5.91 Å². The molecule has 57 heavy (non-hydrogen) atoms. The van der Waals surface area contributed by atoms with Crippen molar-refractivity contribution in [3.05, 3.63) is 114 Å². The molecule has 1 amide bonds. The first-order valence-electron chi connectivity index (χ1n) is 19.4. The summed E-state index contributed by atoms with van der Waals surface area (Å²) in [5.74, 6) is -0.787. The number of aromatic nitrogens is 4. The van der Waals surface area contributed by atoms with Crippen LogP contribution in [0, 0.1) is 11.6 Å². The van der Waals surface area contributed by atoms with Crippen molar-refractivity contribution in [2.45, 2.75) is 24.9 Å². The van der Waals surface area contributed by atoms with Gasteiger partial charge in [-0.2, -0.15) is 0 Å². The predicted molar refractivity (Wildman–Crippen MR) is 216 cm³/mol. The molecular formula is C43H43F2N9O3. The summed E-state index contributed by atoms with van der Waals surface area (Å²) in [4.78, 5) is 38.5. The number of nitrogens with one attached hydrogen (secondary N) is 3. The number of benzene rings is 3. The van der Waals surface area contributed by atoms with Crippen LogP contribution in [0.4, 0.5) is 31.8 Å². The summed E-state index contributed by atoms with van der Waals surface area (Å²) in [6.45, 7) is 8.36. The molecule has 4 aliphatic rings. The second kappa shape index (κ2) is 16.3. The van der Waals surface area contributed by atoms with Crippen LogP contribution >= 0.6 is 0 Å². The van der Waals surface area contributed by atoms with Gasteiger partial charge >= 0.3 is 0 Å². The molecule has 4 aliphatic heterocycles. The Morgan fingerprint density at radius 2 is 1.72 bits per heavy atom. The first-order valence-corrected chi connectivity index (χ1v) is 19.4. The number of hydrogen-bond donors (Lipinski definition) is 3. The number of carbonyl (C=O) groups excluding carboxylic acids is 1. The second-order valence-electron chi connectivity index (χ2n) is 14.6. The molecule has 3 N–H and O–H groups in total. The molecule has 0 aliphatic carbocycles. The van der Waals surface area contributed by atoms with Crippen molar-refractivity contribution in [2.24, 2.45) is 0 Å². The van der Waals surface area contributed by atoms with E-state index in [0.717, 1.165) is 88.8 Å². The quantitative estimate of drug-likeness (QED) is 0.177. The molecule has 14 heteroatoms. The summed E-state index contributed by atoms with van der Waals surface area (Å²) in [7, 11) is 0. The number of carbonyl (C=O) groups is 1. The minimum Gasteiger partial charge on any atom is -0.487 e. The van der Waals surface area contributed by atoms with Gasteiger partial charge in [-0.1, -0.05) is 30.4 Å². The van der Waals surface area contributed by atoms with Crippen LogP contribution in [0.2, 0.25) is 0 Å². The van der Waals surface area contributed by atoms with E-state index in [-0.39, 0.29) is 5.56 Å². The maximum Gasteiger partial charge on any atom is 0.255 e. The number of halogens is 2. The zero-order valence-corrected chi connectivity index (χ0v) is 31.3. The number of morpholine rings is 1. The number of anilines is 4. The van der Waals surface area contributed by atoms with Gasteiger partial charge < -0.3 is 30.0 Å². The summed E-state index contributed by atoms with van der Waals surface area (Å²) in [6.07, 6.45) is 11.4. The van der Waals surface area contributed by atoms with E-state index >= 15 is 0 Å². The van der Waals surface area contributed by atoms with Crippen LogP contribution in [-0.2, 0) is 4.74 Å². The fraction of sp³-hybridized carbons (Fsp3) is 0.302. The van der Waals surface area contributed by atoms with Gasteiger partial charge in [0.1, 0.15) is 35.5 Å². The normalized spacial score (nSPS) is 20.2. The van der Waals surface area contributed by atoms with Crippen LogP contribution in [0.15, 0.2) is 91.2 Å². The Bertz CT molecular complexity index is 2300. The number of allylic oxidation sites excluding steroid dienone is 2. The predicted octanol–water partition coefficient (Wildman–Crippen LogP) is 6.75. The van der Waals surface area contributed by atoms with Gasteiger partial charge in [-0.15, -0.1) is 0 Å². The largest absolute Gasteiger partial charge is 0.487 e. The molecular weight excluding hydrogens is 729 g/mol. The molecule has 1 unspecified atom stereocenters. The van der Waals surface area contributed by atoms with E-state index in [1.165, 1.54) is 6.07 Å². The van der Waals surface area contributed by atoms with Crippen LogP contribution in [-0.4, -0.2) is 107 Å². The monoisotopic (exact) mass is 771 g/mol. The number of ether oxygens (including phenoxy) is 2. The molecule has 12 nitrogen and oxygen atoms in total. The number of rotatable bonds is 5. The number of piperazine rings is 1. The fourth-order valence-electron chi connectivity index (χ4n) is 8.09. The molecule has 3 fully saturated rings. The maximum absolute atomic E-state index is 14.3. The first-order chi connectivity index (χ1) is 27.9. The molecule has 6 heterocycles. The minimum atomic E-state index is -0.863. The minimum absolute atomic E-state index is 0.199. The van der Waals surface area contributed by atoms with Crippen LogP contribution in [0.5, 0.6) is 5.75 Å². The molecule has 9 rings (SSSR count). The van der Waals surface area contributed by atoms with Crippen molar-refractivity contribution in [3.8, 4) is 28.4 Å². The van der Waals surface area contributed by atoms with Crippen LogP contribution in [0.25, 0.3) is 28.7 Å². The summed E-state index contributed by atoms with van der Waals surface area (Å²) in [6, 6.07) is 19.2. The number of H-pyrrole nitrogens is 1. The Morgan fingerprint density at radius 3 is 2.60 bits per heavy atom. The number of hydrogen-bond acceptors (Lipinski definition) is 10. The molecule has 5 aromatic rings. The highest BCUT2D eigenvalue weighted by molar-refractivity contribution is 6.05. The number of imidazole rings is 1. The van der Waals surface area contributed by atoms with Crippen molar-refractivity contribution in [3.63, 3.8) is 0 Å². The second-order valence-corrected chi connectivity index (χ2v) is 14.6. The summed E-state index contributed by atoms with van der Waals surface area (Å²) >= 11 is 0. The third-order valence-corrected chi connectivity index (χ3v) is 11.1. The lowest BCUT2D eigenvalue weighted by Crippen LogP contribution is -2.60. The Morgan fingerprint density at radius 1 is 0.877 bits per heavy atom. The highest BCUT2D eigenvalue weighted by atomic mass is 19.1. The molecule has 3 aromatic carbocycles. The Kier molecular flexibility index (Phi) is 10.5. The van der Waals surface area contributed by atoms with Gasteiger partial charge in [-0.25, -0.2) is 23.7 Å². The number of fused-ring (bicyclic) bond motifs is 7. The number of para-hydroxylation sites is 1. The third-order valence-electron chi connectivity index (χ3n) is 11.1. The number of nitrogens with zero attached hydrogens (tertiary/aromatic N) is 6. The van der Waals surface area contributed by atoms with Crippen molar-refractivity contribution < 1.29 is 23.0 Å². The number of aromatic amines is 1. The third kappa shape index (κ3) is 8.01. The smallest absolute Gasteiger partial charge is 0.255 e. The fourth-order valence-corrected chi connectivity index (χ4v) is 8.09. The van der Waals surface area contributed by atoms with Crippen molar-refractivity contribution in [1.29, 1.82) is 0 Å². The standard InChI is InChI=1S/C43H43F2N9O3/c44-33-8-5-9-34(45)40(33)51-42(55)29-7-4-6-28(24-29)39-41-36-13-16-46-43(48-36)47-35-12-11-31(25-37(35)57-22-3-1-2-10-38(49-39)50-41)52-17-14-30(15-18-52)54-20-19-53-21-23-56-27-32(53)26-54/h1-13,16,24-25,30,32H,14-15,17-23,26-27H2,(H,49,50)(H,51,55)(H,46,47,48)/b3-1+,10-2-. The van der Waals surface area contributed by atoms with E-state index in [4.69, 9.17) is 19.4 Å². The highest BCUT2D eigenvalue weighted by Gasteiger charge is 2.34. The highest BCUT2D eigenvalue weighted by Crippen LogP contribution is 2.35. The van der Waals surface area contributed by atoms with Crippen molar-refractivity contribution in [2.75, 3.05) is 74.6 Å². The van der Waals surface area contributed by atoms with Gasteiger partial charge in [0.2, 0.25) is 5.95 Å². The molecule has 292 valence electrons. The molecule has 2 aromatic heterocycles. The van der Waals surface area contributed by atoms with E-state index < -0.39 is 23.2 Å². The van der Waals surface area contributed by atoms with Crippen molar-refractivity contribution >= 4 is 35.0 Å². The van der Waals surface area contributed by atoms with Crippen LogP contribution < -0.4 is 20.3 Å². The zero-order chi connectivity index (χ0) is 38.7. The summed E-state index contributed by atoms with van der Waals surface area (Å²) in [5, 5.41) is 5.74. The molecule has 0 radical (unpaired) electrons. The maximum atomic E-state index is 14.3. The van der Waals surface area contributed by atoms with E-state index in [9.17, 15) is 13.6 Å². The zero-order valence-electron chi connectivity index (χ0n) is 31.3. The SMILES string of the molecule is O=C(Nc1c(F)cccc1F)c1cccc(-c2nc3[nH]c2-c2ccnc(n2)Nc2ccc(N4CCC(N5CCN6CCOCC6C5)CC4)cc2OC/C=C/C=C\3)c1. The summed E-state index contributed by atoms with van der Waals surface area (Å²) < 4.78 is 40.8. The van der Waals surface area contributed by atoms with Gasteiger partial charge in [0.15, 0.2) is 0 Å². The number of piperidine rings is 1. The Balaban J connectivity index is 0.946. The molecule has 0 spiro atoms. The number of amides is 1. The van der Waals surface area contributed by atoms with E-state index in [1.54, 1.807) is 30.5 Å². The topological polar surface area (TPSA) is 124 Å². The van der Waals surface area contributed by atoms with E-state index in [2.05, 4.69) is 47.4 Å². The lowest BCUT2D eigenvalue weighted by atomic mass is 9.99. The Hall–Kier alpha value is -5.96. The lowest BCUT2D eigenvalue weighted by molar-refractivity contribution is -0.0548. The van der Waals surface area contributed by atoms with E-state index in [1.807, 2.05) is 36.4 Å². The van der Waals surface area contributed by atoms with E-state index in [0.29, 0.717) is 58.9 Å². The molecule has 1 atom stereocenters. The molecule has 0 saturated carbocycles. The average Bonchev–Trinajstić information content (AvgIpc) is 3.68. The van der Waals surface area contributed by atoms with Gasteiger partial charge in [0.05, 0.1) is 36.0 Å². The average molecular weight is 772 g/mol. The van der Waals surface area contributed by atoms with Gasteiger partial charge in [0, 0.05) is 80.4 Å². The Labute approximate surface area is 329 Å². The molecule has 4 bridgehead atoms. The van der Waals surface area contributed by atoms with Crippen LogP contribution in [0.1, 0.15) is 29.0 Å². The summed E-state index contributed by atoms with van der Waals surface area (Å²) in [5.41, 5.74) is 3.82.